The second kappa shape index (κ2) is 6.57. The molecule has 1 aliphatic rings. The van der Waals surface area contributed by atoms with Gasteiger partial charge in [-0.15, -0.1) is 0 Å². The summed E-state index contributed by atoms with van der Waals surface area (Å²) in [4.78, 5) is 0. The average molecular weight is 387 g/mol. The Balaban J connectivity index is 1.73. The van der Waals surface area contributed by atoms with Crippen LogP contribution in [0.2, 0.25) is 10.0 Å². The highest BCUT2D eigenvalue weighted by Crippen LogP contribution is 2.33. The molecule has 2 aromatic rings. The van der Waals surface area contributed by atoms with E-state index in [1.54, 1.807) is 6.07 Å². The number of ether oxygens (including phenoxy) is 1. The van der Waals surface area contributed by atoms with Gasteiger partial charge >= 0.3 is 0 Å². The van der Waals surface area contributed by atoms with Crippen LogP contribution in [-0.2, 0) is 6.54 Å². The molecule has 0 atom stereocenters. The summed E-state index contributed by atoms with van der Waals surface area (Å²) in [5.74, 6) is 1.28. The predicted octanol–water partition coefficient (Wildman–Crippen LogP) is 5.80. The number of benzene rings is 2. The number of hydrogen-bond acceptors (Lipinski definition) is 2. The Morgan fingerprint density at radius 3 is 2.62 bits per heavy atom. The second-order valence-electron chi connectivity index (χ2n) is 5.09. The Labute approximate surface area is 142 Å². The van der Waals surface area contributed by atoms with Crippen LogP contribution < -0.4 is 10.1 Å². The molecule has 3 rings (SSSR count). The minimum Gasteiger partial charge on any atom is -0.456 e. The zero-order valence-corrected chi connectivity index (χ0v) is 14.3. The summed E-state index contributed by atoms with van der Waals surface area (Å²) in [5.41, 5.74) is 1.08. The number of halogens is 3. The van der Waals surface area contributed by atoms with Crippen molar-refractivity contribution in [1.29, 1.82) is 0 Å². The van der Waals surface area contributed by atoms with Crippen LogP contribution in [-0.4, -0.2) is 6.04 Å². The van der Waals surface area contributed by atoms with Crippen molar-refractivity contribution in [3.8, 4) is 11.5 Å². The quantitative estimate of drug-likeness (QED) is 0.700. The van der Waals surface area contributed by atoms with Crippen LogP contribution in [0.15, 0.2) is 40.9 Å². The molecule has 0 saturated heterocycles. The van der Waals surface area contributed by atoms with Crippen LogP contribution in [0.4, 0.5) is 0 Å². The molecule has 0 heterocycles. The van der Waals surface area contributed by atoms with Gasteiger partial charge in [0.05, 0.1) is 5.02 Å². The Kier molecular flexibility index (Phi) is 4.75. The monoisotopic (exact) mass is 385 g/mol. The number of nitrogens with one attached hydrogen (secondary N) is 1. The molecule has 110 valence electrons. The molecule has 0 spiro atoms. The fourth-order valence-electron chi connectivity index (χ4n) is 1.96. The Morgan fingerprint density at radius 2 is 1.90 bits per heavy atom. The fraction of sp³-hybridized carbons (Fsp3) is 0.250. The van der Waals surface area contributed by atoms with Crippen LogP contribution >= 0.6 is 39.1 Å². The maximum absolute atomic E-state index is 6.31. The van der Waals surface area contributed by atoms with Crippen LogP contribution in [0, 0.1) is 0 Å². The van der Waals surface area contributed by atoms with Gasteiger partial charge < -0.3 is 10.1 Å². The number of rotatable bonds is 5. The maximum Gasteiger partial charge on any atom is 0.147 e. The summed E-state index contributed by atoms with van der Waals surface area (Å²) < 4.78 is 6.71. The van der Waals surface area contributed by atoms with Gasteiger partial charge in [-0.1, -0.05) is 45.2 Å². The van der Waals surface area contributed by atoms with E-state index >= 15 is 0 Å². The maximum atomic E-state index is 6.31. The van der Waals surface area contributed by atoms with Crippen LogP contribution in [0.3, 0.4) is 0 Å². The first-order valence-corrected chi connectivity index (χ1v) is 8.31. The van der Waals surface area contributed by atoms with Gasteiger partial charge in [-0.25, -0.2) is 0 Å². The lowest BCUT2D eigenvalue weighted by Gasteiger charge is -2.11. The van der Waals surface area contributed by atoms with Crippen molar-refractivity contribution >= 4 is 39.1 Å². The van der Waals surface area contributed by atoms with Crippen molar-refractivity contribution in [2.75, 3.05) is 0 Å². The highest BCUT2D eigenvalue weighted by Gasteiger charge is 2.20. The molecule has 1 aliphatic carbocycles. The van der Waals surface area contributed by atoms with Gasteiger partial charge in [0, 0.05) is 22.1 Å². The second-order valence-corrected chi connectivity index (χ2v) is 6.82. The highest BCUT2D eigenvalue weighted by molar-refractivity contribution is 9.10. The first kappa shape index (κ1) is 15.2. The molecular formula is C16H14BrCl2NO. The molecule has 1 fully saturated rings. The molecule has 0 radical (unpaired) electrons. The first-order chi connectivity index (χ1) is 10.1. The molecule has 2 aromatic carbocycles. The minimum absolute atomic E-state index is 0.564. The largest absolute Gasteiger partial charge is 0.456 e. The van der Waals surface area contributed by atoms with Crippen molar-refractivity contribution < 1.29 is 4.74 Å². The molecule has 5 heteroatoms. The lowest BCUT2D eigenvalue weighted by molar-refractivity contribution is 0.482. The van der Waals surface area contributed by atoms with E-state index in [-0.39, 0.29) is 0 Å². The van der Waals surface area contributed by atoms with Gasteiger partial charge in [0.1, 0.15) is 11.5 Å². The molecule has 0 unspecified atom stereocenters. The van der Waals surface area contributed by atoms with E-state index in [1.807, 2.05) is 30.3 Å². The van der Waals surface area contributed by atoms with Crippen molar-refractivity contribution in [3.63, 3.8) is 0 Å². The van der Waals surface area contributed by atoms with Gasteiger partial charge in [0.25, 0.3) is 0 Å². The first-order valence-electron chi connectivity index (χ1n) is 6.76. The Hall–Kier alpha value is -0.740. The smallest absolute Gasteiger partial charge is 0.147 e. The van der Waals surface area contributed by atoms with E-state index in [4.69, 9.17) is 27.9 Å². The van der Waals surface area contributed by atoms with E-state index in [2.05, 4.69) is 21.2 Å². The zero-order valence-electron chi connectivity index (χ0n) is 11.2. The van der Waals surface area contributed by atoms with Crippen molar-refractivity contribution in [2.24, 2.45) is 0 Å². The van der Waals surface area contributed by atoms with Crippen LogP contribution in [0.1, 0.15) is 18.4 Å². The number of hydrogen-bond donors (Lipinski definition) is 1. The van der Waals surface area contributed by atoms with Crippen molar-refractivity contribution in [1.82, 2.24) is 5.32 Å². The summed E-state index contributed by atoms with van der Waals surface area (Å²) in [6.45, 7) is 0.793. The molecular weight excluding hydrogens is 373 g/mol. The lowest BCUT2D eigenvalue weighted by Crippen LogP contribution is -2.15. The SMILES string of the molecule is Clc1cc(Oc2cc(Br)ccc2Cl)ccc1CNC1CC1. The summed E-state index contributed by atoms with van der Waals surface area (Å²) in [6, 6.07) is 11.9. The van der Waals surface area contributed by atoms with Crippen LogP contribution in [0.25, 0.3) is 0 Å². The van der Waals surface area contributed by atoms with Crippen molar-refractivity contribution in [2.45, 2.75) is 25.4 Å². The molecule has 0 amide bonds. The van der Waals surface area contributed by atoms with Gasteiger partial charge in [-0.3, -0.25) is 0 Å². The van der Waals surface area contributed by atoms with E-state index in [0.717, 1.165) is 16.6 Å². The van der Waals surface area contributed by atoms with E-state index in [9.17, 15) is 0 Å². The Morgan fingerprint density at radius 1 is 1.10 bits per heavy atom. The van der Waals surface area contributed by atoms with Crippen LogP contribution in [0.5, 0.6) is 11.5 Å². The molecule has 1 saturated carbocycles. The molecule has 0 bridgehead atoms. The summed E-state index contributed by atoms with van der Waals surface area (Å²) in [5, 5.41) is 4.71. The van der Waals surface area contributed by atoms with E-state index in [0.29, 0.717) is 27.6 Å². The highest BCUT2D eigenvalue weighted by atomic mass is 79.9. The molecule has 21 heavy (non-hydrogen) atoms. The van der Waals surface area contributed by atoms with Crippen molar-refractivity contribution in [3.05, 3.63) is 56.5 Å². The third-order valence-corrected chi connectivity index (χ3v) is 4.46. The average Bonchev–Trinajstić information content (AvgIpc) is 3.26. The fourth-order valence-corrected chi connectivity index (χ4v) is 2.69. The summed E-state index contributed by atoms with van der Waals surface area (Å²) in [7, 11) is 0. The third kappa shape index (κ3) is 4.13. The standard InChI is InChI=1S/C16H14BrCl2NO/c17-11-2-6-14(18)16(7-11)21-13-5-1-10(15(19)8-13)9-20-12-3-4-12/h1-2,5-8,12,20H,3-4,9H2. The van der Waals surface area contributed by atoms with E-state index in [1.165, 1.54) is 12.8 Å². The van der Waals surface area contributed by atoms with Gasteiger partial charge in [0.15, 0.2) is 0 Å². The summed E-state index contributed by atoms with van der Waals surface area (Å²) >= 11 is 15.8. The predicted molar refractivity (Wildman–Crippen MR) is 90.5 cm³/mol. The third-order valence-electron chi connectivity index (χ3n) is 3.30. The normalized spacial score (nSPS) is 14.2. The molecule has 1 N–H and O–H groups in total. The zero-order chi connectivity index (χ0) is 14.8. The minimum atomic E-state index is 0.564. The lowest BCUT2D eigenvalue weighted by atomic mass is 10.2. The molecule has 2 nitrogen and oxygen atoms in total. The summed E-state index contributed by atoms with van der Waals surface area (Å²) in [6.07, 6.45) is 2.53. The topological polar surface area (TPSA) is 21.3 Å². The van der Waals surface area contributed by atoms with Gasteiger partial charge in [-0.2, -0.15) is 0 Å². The molecule has 0 aromatic heterocycles. The van der Waals surface area contributed by atoms with Gasteiger partial charge in [0.2, 0.25) is 0 Å². The van der Waals surface area contributed by atoms with Gasteiger partial charge in [-0.05, 0) is 48.7 Å². The molecule has 0 aliphatic heterocycles. The van der Waals surface area contributed by atoms with E-state index < -0.39 is 0 Å². The Bertz CT molecular complexity index is 659.